The highest BCUT2D eigenvalue weighted by atomic mass is 32.1. The van der Waals surface area contributed by atoms with Crippen LogP contribution in [0.25, 0.3) is 0 Å². The molecule has 0 spiro atoms. The highest BCUT2D eigenvalue weighted by Crippen LogP contribution is 2.27. The number of nitrogen functional groups attached to an aromatic ring is 1. The summed E-state index contributed by atoms with van der Waals surface area (Å²) in [5, 5.41) is 3.75. The van der Waals surface area contributed by atoms with Crippen LogP contribution < -0.4 is 11.1 Å². The van der Waals surface area contributed by atoms with Crippen molar-refractivity contribution in [3.63, 3.8) is 0 Å². The van der Waals surface area contributed by atoms with Crippen LogP contribution in [0.4, 0.5) is 10.9 Å². The molecule has 0 bridgehead atoms. The predicted octanol–water partition coefficient (Wildman–Crippen LogP) is 1.58. The number of nitrogens with one attached hydrogen (secondary N) is 1. The van der Waals surface area contributed by atoms with Crippen molar-refractivity contribution in [2.75, 3.05) is 44.4 Å². The van der Waals surface area contributed by atoms with Gasteiger partial charge in [-0.3, -0.25) is 4.79 Å². The van der Waals surface area contributed by atoms with Crippen molar-refractivity contribution in [1.29, 1.82) is 0 Å². The van der Waals surface area contributed by atoms with Crippen LogP contribution in [-0.2, 0) is 4.74 Å². The zero-order valence-electron chi connectivity index (χ0n) is 11.8. The van der Waals surface area contributed by atoms with Gasteiger partial charge in [0.25, 0.3) is 5.91 Å². The molecule has 3 N–H and O–H groups in total. The van der Waals surface area contributed by atoms with E-state index in [1.54, 1.807) is 7.11 Å². The second-order valence-electron chi connectivity index (χ2n) is 4.72. The number of nitrogens with zero attached hydrogens (tertiary/aromatic N) is 2. The molecule has 1 aliphatic rings. The number of ether oxygens (including phenoxy) is 1. The maximum absolute atomic E-state index is 12.4. The second-order valence-corrected chi connectivity index (χ2v) is 5.72. The Morgan fingerprint density at radius 1 is 1.65 bits per heavy atom. The van der Waals surface area contributed by atoms with Crippen LogP contribution in [0, 0.1) is 0 Å². The highest BCUT2D eigenvalue weighted by Gasteiger charge is 2.23. The van der Waals surface area contributed by atoms with Gasteiger partial charge in [0.05, 0.1) is 6.61 Å². The first-order valence-corrected chi connectivity index (χ1v) is 7.37. The Morgan fingerprint density at radius 2 is 2.45 bits per heavy atom. The van der Waals surface area contributed by atoms with Crippen LogP contribution in [0.5, 0.6) is 0 Å². The molecule has 0 radical (unpaired) electrons. The molecule has 1 aromatic heterocycles. The minimum absolute atomic E-state index is 0.0350. The number of carbonyl (C=O) groups excluding carboxylic acids is 1. The molecule has 110 valence electrons. The number of methoxy groups -OCH3 is 1. The number of amides is 1. The average molecular weight is 296 g/mol. The normalized spacial score (nSPS) is 15.1. The Bertz CT molecular complexity index is 512. The predicted molar refractivity (Wildman–Crippen MR) is 81.2 cm³/mol. The standard InChI is InChI=1S/C13H20N4O2S/c1-9-4-3-6-17(8-9)12(18)10-11(14)16-13(20-10)15-5-7-19-2/h4H,3,5-8,14H2,1-2H3,(H,15,16). The third kappa shape index (κ3) is 3.49. The average Bonchev–Trinajstić information content (AvgIpc) is 2.79. The summed E-state index contributed by atoms with van der Waals surface area (Å²) < 4.78 is 4.96. The summed E-state index contributed by atoms with van der Waals surface area (Å²) in [6, 6.07) is 0. The van der Waals surface area contributed by atoms with Gasteiger partial charge in [0.2, 0.25) is 0 Å². The number of nitrogens with two attached hydrogens (primary N) is 1. The van der Waals surface area contributed by atoms with E-state index in [0.29, 0.717) is 35.5 Å². The first-order valence-electron chi connectivity index (χ1n) is 6.56. The Morgan fingerprint density at radius 3 is 3.15 bits per heavy atom. The topological polar surface area (TPSA) is 80.5 Å². The molecule has 1 aliphatic heterocycles. The van der Waals surface area contributed by atoms with Crippen molar-refractivity contribution >= 4 is 28.2 Å². The van der Waals surface area contributed by atoms with Gasteiger partial charge in [-0.15, -0.1) is 0 Å². The molecular weight excluding hydrogens is 276 g/mol. The third-order valence-corrected chi connectivity index (χ3v) is 4.07. The molecule has 20 heavy (non-hydrogen) atoms. The van der Waals surface area contributed by atoms with Gasteiger partial charge < -0.3 is 20.7 Å². The van der Waals surface area contributed by atoms with Gasteiger partial charge in [0.1, 0.15) is 10.7 Å². The molecule has 2 rings (SSSR count). The van der Waals surface area contributed by atoms with Gasteiger partial charge in [0.15, 0.2) is 5.13 Å². The maximum Gasteiger partial charge on any atom is 0.268 e. The molecule has 7 heteroatoms. The van der Waals surface area contributed by atoms with Crippen molar-refractivity contribution in [3.8, 4) is 0 Å². The summed E-state index contributed by atoms with van der Waals surface area (Å²) in [6.07, 6.45) is 3.06. The van der Waals surface area contributed by atoms with Gasteiger partial charge in [-0.25, -0.2) is 4.98 Å². The van der Waals surface area contributed by atoms with Gasteiger partial charge >= 0.3 is 0 Å². The van der Waals surface area contributed by atoms with Crippen molar-refractivity contribution in [2.24, 2.45) is 0 Å². The van der Waals surface area contributed by atoms with Crippen molar-refractivity contribution in [2.45, 2.75) is 13.3 Å². The first kappa shape index (κ1) is 14.8. The van der Waals surface area contributed by atoms with E-state index < -0.39 is 0 Å². The minimum Gasteiger partial charge on any atom is -0.383 e. The Balaban J connectivity index is 2.04. The van der Waals surface area contributed by atoms with Gasteiger partial charge in [-0.05, 0) is 13.3 Å². The number of hydrogen-bond donors (Lipinski definition) is 2. The largest absolute Gasteiger partial charge is 0.383 e. The van der Waals surface area contributed by atoms with Gasteiger partial charge in [-0.1, -0.05) is 23.0 Å². The summed E-state index contributed by atoms with van der Waals surface area (Å²) in [5.41, 5.74) is 7.07. The van der Waals surface area contributed by atoms with Crippen LogP contribution in [0.15, 0.2) is 11.6 Å². The van der Waals surface area contributed by atoms with E-state index in [4.69, 9.17) is 10.5 Å². The lowest BCUT2D eigenvalue weighted by Gasteiger charge is -2.25. The maximum atomic E-state index is 12.4. The summed E-state index contributed by atoms with van der Waals surface area (Å²) in [6.45, 7) is 4.66. The summed E-state index contributed by atoms with van der Waals surface area (Å²) in [4.78, 5) is 19.0. The lowest BCUT2D eigenvalue weighted by molar-refractivity contribution is 0.0771. The number of aromatic nitrogens is 1. The van der Waals surface area contributed by atoms with Crippen LogP contribution in [0.2, 0.25) is 0 Å². The zero-order valence-corrected chi connectivity index (χ0v) is 12.6. The van der Waals surface area contributed by atoms with Crippen LogP contribution in [0.3, 0.4) is 0 Å². The molecular formula is C13H20N4O2S. The zero-order chi connectivity index (χ0) is 14.5. The van der Waals surface area contributed by atoms with E-state index in [2.05, 4.69) is 16.4 Å². The monoisotopic (exact) mass is 296 g/mol. The van der Waals surface area contributed by atoms with E-state index in [0.717, 1.165) is 13.0 Å². The number of hydrogen-bond acceptors (Lipinski definition) is 6. The SMILES string of the molecule is COCCNc1nc(N)c(C(=O)N2CCC=C(C)C2)s1. The van der Waals surface area contributed by atoms with Gasteiger partial charge in [0, 0.05) is 26.7 Å². The summed E-state index contributed by atoms with van der Waals surface area (Å²) >= 11 is 1.30. The van der Waals surface area contributed by atoms with Crippen LogP contribution in [0.1, 0.15) is 23.0 Å². The van der Waals surface area contributed by atoms with E-state index in [-0.39, 0.29) is 5.91 Å². The number of rotatable bonds is 5. The Kier molecular flexibility index (Phi) is 4.97. The summed E-state index contributed by atoms with van der Waals surface area (Å²) in [5.74, 6) is 0.263. The molecule has 0 aromatic carbocycles. The smallest absolute Gasteiger partial charge is 0.268 e. The molecule has 0 unspecified atom stereocenters. The molecule has 0 fully saturated rings. The third-order valence-electron chi connectivity index (χ3n) is 3.05. The number of carbonyl (C=O) groups is 1. The summed E-state index contributed by atoms with van der Waals surface area (Å²) in [7, 11) is 1.64. The second kappa shape index (κ2) is 6.71. The molecule has 6 nitrogen and oxygen atoms in total. The lowest BCUT2D eigenvalue weighted by Crippen LogP contribution is -2.35. The van der Waals surface area contributed by atoms with Crippen LogP contribution >= 0.6 is 11.3 Å². The molecule has 2 heterocycles. The Labute approximate surface area is 122 Å². The minimum atomic E-state index is -0.0350. The molecule has 1 amide bonds. The van der Waals surface area contributed by atoms with Crippen LogP contribution in [-0.4, -0.2) is 49.1 Å². The molecule has 0 atom stereocenters. The van der Waals surface area contributed by atoms with Crippen molar-refractivity contribution < 1.29 is 9.53 Å². The van der Waals surface area contributed by atoms with Gasteiger partial charge in [-0.2, -0.15) is 0 Å². The Hall–Kier alpha value is -1.60. The first-order chi connectivity index (χ1) is 9.61. The number of thiazole rings is 1. The van der Waals surface area contributed by atoms with Crippen molar-refractivity contribution in [3.05, 3.63) is 16.5 Å². The quantitative estimate of drug-likeness (QED) is 0.637. The lowest BCUT2D eigenvalue weighted by atomic mass is 10.1. The highest BCUT2D eigenvalue weighted by molar-refractivity contribution is 7.18. The van der Waals surface area contributed by atoms with E-state index in [1.807, 2.05) is 11.8 Å². The van der Waals surface area contributed by atoms with E-state index in [1.165, 1.54) is 16.9 Å². The fourth-order valence-corrected chi connectivity index (χ4v) is 2.93. The molecule has 0 saturated carbocycles. The molecule has 0 saturated heterocycles. The molecule has 0 aliphatic carbocycles. The molecule has 1 aromatic rings. The van der Waals surface area contributed by atoms with E-state index in [9.17, 15) is 4.79 Å². The fourth-order valence-electron chi connectivity index (χ4n) is 2.05. The van der Waals surface area contributed by atoms with Crippen molar-refractivity contribution in [1.82, 2.24) is 9.88 Å². The fraction of sp³-hybridized carbons (Fsp3) is 0.538. The van der Waals surface area contributed by atoms with E-state index >= 15 is 0 Å². The number of anilines is 2.